The molecular weight excluding hydrogens is 258 g/mol. The van der Waals surface area contributed by atoms with Gasteiger partial charge in [-0.3, -0.25) is 19.3 Å². The maximum Gasteiger partial charge on any atom is 0.261 e. The third-order valence-corrected chi connectivity index (χ3v) is 3.51. The van der Waals surface area contributed by atoms with Crippen LogP contribution in [0.15, 0.2) is 18.2 Å². The molecule has 1 aliphatic heterocycles. The Morgan fingerprint density at radius 1 is 1.30 bits per heavy atom. The van der Waals surface area contributed by atoms with Gasteiger partial charge in [0.25, 0.3) is 11.8 Å². The molecule has 1 aromatic carbocycles. The van der Waals surface area contributed by atoms with Crippen molar-refractivity contribution in [2.24, 2.45) is 11.7 Å². The molecule has 3 N–H and O–H groups in total. The molecule has 0 radical (unpaired) electrons. The number of rotatable bonds is 4. The maximum atomic E-state index is 11.9. The number of nitrogens with zero attached hydrogens (tertiary/aromatic N) is 1. The standard InChI is InChI=1S/C14H17N3O3/c1-3-8(7-15)12(18)16-9-4-5-10-11(6-9)14(20)17(2)13(10)19/h4-6,8H,3,7,15H2,1-2H3,(H,16,18). The minimum absolute atomic E-state index is 0.180. The van der Waals surface area contributed by atoms with Crippen LogP contribution in [0.2, 0.25) is 0 Å². The Morgan fingerprint density at radius 3 is 2.55 bits per heavy atom. The highest BCUT2D eigenvalue weighted by Crippen LogP contribution is 2.25. The summed E-state index contributed by atoms with van der Waals surface area (Å²) in [4.78, 5) is 36.6. The molecule has 1 unspecified atom stereocenters. The summed E-state index contributed by atoms with van der Waals surface area (Å²) in [6, 6.07) is 4.70. The maximum absolute atomic E-state index is 11.9. The van der Waals surface area contributed by atoms with Crippen LogP contribution in [0.3, 0.4) is 0 Å². The number of carbonyl (C=O) groups excluding carboxylic acids is 3. The summed E-state index contributed by atoms with van der Waals surface area (Å²) >= 11 is 0. The lowest BCUT2D eigenvalue weighted by Crippen LogP contribution is -2.28. The van der Waals surface area contributed by atoms with Gasteiger partial charge in [0.05, 0.1) is 17.0 Å². The van der Waals surface area contributed by atoms with E-state index in [1.54, 1.807) is 12.1 Å². The lowest BCUT2D eigenvalue weighted by Gasteiger charge is -2.12. The predicted molar refractivity (Wildman–Crippen MR) is 74.3 cm³/mol. The summed E-state index contributed by atoms with van der Waals surface area (Å²) in [5.74, 6) is -1.12. The van der Waals surface area contributed by atoms with Gasteiger partial charge in [0.15, 0.2) is 0 Å². The molecule has 3 amide bonds. The minimum atomic E-state index is -0.355. The Balaban J connectivity index is 2.23. The highest BCUT2D eigenvalue weighted by molar-refractivity contribution is 6.21. The fraction of sp³-hybridized carbons (Fsp3) is 0.357. The number of amides is 3. The number of nitrogens with two attached hydrogens (primary N) is 1. The minimum Gasteiger partial charge on any atom is -0.330 e. The van der Waals surface area contributed by atoms with E-state index in [-0.39, 0.29) is 30.2 Å². The van der Waals surface area contributed by atoms with Crippen molar-refractivity contribution >= 4 is 23.4 Å². The first-order chi connectivity index (χ1) is 9.49. The van der Waals surface area contributed by atoms with Crippen molar-refractivity contribution in [2.75, 3.05) is 18.9 Å². The van der Waals surface area contributed by atoms with Gasteiger partial charge in [-0.1, -0.05) is 6.92 Å². The van der Waals surface area contributed by atoms with Gasteiger partial charge < -0.3 is 11.1 Å². The number of benzene rings is 1. The third kappa shape index (κ3) is 2.30. The van der Waals surface area contributed by atoms with Gasteiger partial charge >= 0.3 is 0 Å². The van der Waals surface area contributed by atoms with E-state index in [4.69, 9.17) is 5.73 Å². The third-order valence-electron chi connectivity index (χ3n) is 3.51. The lowest BCUT2D eigenvalue weighted by atomic mass is 10.1. The molecule has 0 saturated carbocycles. The van der Waals surface area contributed by atoms with Gasteiger partial charge in [-0.15, -0.1) is 0 Å². The van der Waals surface area contributed by atoms with E-state index >= 15 is 0 Å². The van der Waals surface area contributed by atoms with Crippen molar-refractivity contribution < 1.29 is 14.4 Å². The number of imide groups is 1. The largest absolute Gasteiger partial charge is 0.330 e. The molecule has 6 heteroatoms. The molecule has 0 fully saturated rings. The zero-order valence-corrected chi connectivity index (χ0v) is 11.5. The van der Waals surface area contributed by atoms with Crippen LogP contribution in [0, 0.1) is 5.92 Å². The zero-order valence-electron chi connectivity index (χ0n) is 11.5. The lowest BCUT2D eigenvalue weighted by molar-refractivity contribution is -0.119. The summed E-state index contributed by atoms with van der Waals surface area (Å²) in [6.07, 6.45) is 0.646. The second-order valence-electron chi connectivity index (χ2n) is 4.76. The highest BCUT2D eigenvalue weighted by Gasteiger charge is 2.32. The van der Waals surface area contributed by atoms with Crippen LogP contribution in [0.25, 0.3) is 0 Å². The molecule has 1 aliphatic rings. The van der Waals surface area contributed by atoms with Crippen molar-refractivity contribution in [3.63, 3.8) is 0 Å². The molecule has 0 bridgehead atoms. The Hall–Kier alpha value is -2.21. The number of nitrogens with one attached hydrogen (secondary N) is 1. The summed E-state index contributed by atoms with van der Waals surface area (Å²) in [5.41, 5.74) is 6.70. The number of hydrogen-bond acceptors (Lipinski definition) is 4. The average Bonchev–Trinajstić information content (AvgIpc) is 2.65. The summed E-state index contributed by atoms with van der Waals surface area (Å²) in [7, 11) is 1.43. The Morgan fingerprint density at radius 2 is 1.95 bits per heavy atom. The molecule has 0 aromatic heterocycles. The van der Waals surface area contributed by atoms with Crippen molar-refractivity contribution in [1.82, 2.24) is 4.90 Å². The molecule has 2 rings (SSSR count). The number of hydrogen-bond donors (Lipinski definition) is 2. The van der Waals surface area contributed by atoms with Crippen LogP contribution in [0.1, 0.15) is 34.1 Å². The van der Waals surface area contributed by atoms with Crippen LogP contribution in [-0.4, -0.2) is 36.2 Å². The molecule has 6 nitrogen and oxygen atoms in total. The van der Waals surface area contributed by atoms with Crippen LogP contribution in [0.4, 0.5) is 5.69 Å². The number of carbonyl (C=O) groups is 3. The molecule has 1 atom stereocenters. The van der Waals surface area contributed by atoms with Gasteiger partial charge in [0, 0.05) is 19.3 Å². The van der Waals surface area contributed by atoms with Crippen molar-refractivity contribution in [3.8, 4) is 0 Å². The molecule has 106 valence electrons. The van der Waals surface area contributed by atoms with Crippen molar-refractivity contribution in [2.45, 2.75) is 13.3 Å². The monoisotopic (exact) mass is 275 g/mol. The fourth-order valence-electron chi connectivity index (χ4n) is 2.14. The van der Waals surface area contributed by atoms with E-state index in [9.17, 15) is 14.4 Å². The molecule has 20 heavy (non-hydrogen) atoms. The predicted octanol–water partition coefficient (Wildman–Crippen LogP) is 0.836. The number of fused-ring (bicyclic) bond motifs is 1. The Labute approximate surface area is 116 Å². The van der Waals surface area contributed by atoms with Crippen molar-refractivity contribution in [3.05, 3.63) is 29.3 Å². The first-order valence-corrected chi connectivity index (χ1v) is 6.47. The highest BCUT2D eigenvalue weighted by atomic mass is 16.2. The first-order valence-electron chi connectivity index (χ1n) is 6.47. The van der Waals surface area contributed by atoms with E-state index in [1.807, 2.05) is 6.92 Å². The molecule has 0 saturated heterocycles. The zero-order chi connectivity index (χ0) is 14.9. The molecule has 1 heterocycles. The summed E-state index contributed by atoms with van der Waals surface area (Å²) in [6.45, 7) is 2.16. The van der Waals surface area contributed by atoms with Crippen LogP contribution in [-0.2, 0) is 4.79 Å². The normalized spacial score (nSPS) is 15.2. The van der Waals surface area contributed by atoms with Gasteiger partial charge in [-0.05, 0) is 24.6 Å². The second kappa shape index (κ2) is 5.42. The summed E-state index contributed by atoms with van der Waals surface area (Å²) in [5, 5.41) is 2.72. The Kier molecular flexibility index (Phi) is 3.85. The Bertz CT molecular complexity index is 579. The van der Waals surface area contributed by atoms with Gasteiger partial charge in [-0.25, -0.2) is 0 Å². The van der Waals surface area contributed by atoms with Crippen LogP contribution >= 0.6 is 0 Å². The van der Waals surface area contributed by atoms with E-state index in [1.165, 1.54) is 13.1 Å². The fourth-order valence-corrected chi connectivity index (χ4v) is 2.14. The second-order valence-corrected chi connectivity index (χ2v) is 4.76. The molecule has 0 aliphatic carbocycles. The summed E-state index contributed by atoms with van der Waals surface area (Å²) < 4.78 is 0. The molecular formula is C14H17N3O3. The first kappa shape index (κ1) is 14.2. The van der Waals surface area contributed by atoms with E-state index < -0.39 is 0 Å². The van der Waals surface area contributed by atoms with Gasteiger partial charge in [-0.2, -0.15) is 0 Å². The smallest absolute Gasteiger partial charge is 0.261 e. The van der Waals surface area contributed by atoms with Gasteiger partial charge in [0.1, 0.15) is 0 Å². The van der Waals surface area contributed by atoms with Crippen LogP contribution in [0.5, 0.6) is 0 Å². The van der Waals surface area contributed by atoms with E-state index in [2.05, 4.69) is 5.32 Å². The van der Waals surface area contributed by atoms with Gasteiger partial charge in [0.2, 0.25) is 5.91 Å². The number of anilines is 1. The van der Waals surface area contributed by atoms with Crippen LogP contribution < -0.4 is 11.1 Å². The topological polar surface area (TPSA) is 92.5 Å². The van der Waals surface area contributed by atoms with E-state index in [0.717, 1.165) is 4.90 Å². The molecule has 0 spiro atoms. The SMILES string of the molecule is CCC(CN)C(=O)Nc1ccc2c(c1)C(=O)N(C)C2=O. The quantitative estimate of drug-likeness (QED) is 0.796. The van der Waals surface area contributed by atoms with E-state index in [0.29, 0.717) is 23.2 Å². The molecule has 1 aromatic rings. The average molecular weight is 275 g/mol. The van der Waals surface area contributed by atoms with Crippen molar-refractivity contribution in [1.29, 1.82) is 0 Å².